The molecule has 7 nitrogen and oxygen atoms in total. The highest BCUT2D eigenvalue weighted by Crippen LogP contribution is 2.42. The van der Waals surface area contributed by atoms with Crippen molar-refractivity contribution in [2.75, 3.05) is 11.9 Å². The van der Waals surface area contributed by atoms with Gasteiger partial charge in [0.25, 0.3) is 0 Å². The van der Waals surface area contributed by atoms with Crippen LogP contribution < -0.4 is 5.32 Å². The number of aromatic nitrogens is 3. The lowest BCUT2D eigenvalue weighted by molar-refractivity contribution is -0.158. The summed E-state index contributed by atoms with van der Waals surface area (Å²) in [6, 6.07) is 18.5. The fourth-order valence-electron chi connectivity index (χ4n) is 5.18. The quantitative estimate of drug-likeness (QED) is 0.512. The van der Waals surface area contributed by atoms with Crippen LogP contribution in [-0.4, -0.2) is 50.3 Å². The van der Waals surface area contributed by atoms with Gasteiger partial charge < -0.3 is 19.9 Å². The molecule has 164 valence electrons. The normalized spacial score (nSPS) is 26.6. The Morgan fingerprint density at radius 2 is 1.91 bits per heavy atom. The molecule has 7 heteroatoms. The standard InChI is InChI=1S/C25H26N4O3/c1-25(2)31-23-16(14-30)12-20(24(23)32-25)27-21-10-11-26-22-13-19(28-29(21)22)18-9-5-7-15-6-3-4-8-17(15)18/h3-11,13,16,20,23-24,27,30H,12,14H2,1-2H3/t16-,20?,23?,24?/m1/s1. The highest BCUT2D eigenvalue weighted by Gasteiger charge is 2.53. The molecule has 4 aromatic rings. The van der Waals surface area contributed by atoms with E-state index in [1.165, 1.54) is 5.39 Å². The maximum absolute atomic E-state index is 9.86. The van der Waals surface area contributed by atoms with Crippen molar-refractivity contribution in [2.45, 2.75) is 44.3 Å². The van der Waals surface area contributed by atoms with Crippen LogP contribution in [0.4, 0.5) is 5.82 Å². The molecule has 2 fully saturated rings. The third kappa shape index (κ3) is 3.16. The van der Waals surface area contributed by atoms with E-state index < -0.39 is 5.79 Å². The third-order valence-corrected chi connectivity index (χ3v) is 6.57. The zero-order valence-corrected chi connectivity index (χ0v) is 18.1. The van der Waals surface area contributed by atoms with E-state index >= 15 is 0 Å². The highest BCUT2D eigenvalue weighted by atomic mass is 16.8. The van der Waals surface area contributed by atoms with Crippen molar-refractivity contribution in [3.8, 4) is 11.3 Å². The number of aliphatic hydroxyl groups excluding tert-OH is 1. The van der Waals surface area contributed by atoms with E-state index in [0.717, 1.165) is 34.5 Å². The minimum Gasteiger partial charge on any atom is -0.396 e. The number of benzene rings is 2. The summed E-state index contributed by atoms with van der Waals surface area (Å²) in [5, 5.41) is 20.7. The van der Waals surface area contributed by atoms with Gasteiger partial charge in [-0.2, -0.15) is 9.61 Å². The van der Waals surface area contributed by atoms with Crippen LogP contribution in [0.5, 0.6) is 0 Å². The number of aliphatic hydroxyl groups is 1. The van der Waals surface area contributed by atoms with Crippen molar-refractivity contribution >= 4 is 22.2 Å². The first-order valence-corrected chi connectivity index (χ1v) is 11.1. The molecule has 2 aromatic carbocycles. The second kappa shape index (κ2) is 7.27. The molecule has 1 aliphatic heterocycles. The first-order valence-electron chi connectivity index (χ1n) is 11.1. The minimum atomic E-state index is -0.649. The summed E-state index contributed by atoms with van der Waals surface area (Å²) in [6.07, 6.45) is 2.31. The summed E-state index contributed by atoms with van der Waals surface area (Å²) in [4.78, 5) is 4.53. The summed E-state index contributed by atoms with van der Waals surface area (Å²) >= 11 is 0. The van der Waals surface area contributed by atoms with Crippen LogP contribution in [0.15, 0.2) is 60.8 Å². The summed E-state index contributed by atoms with van der Waals surface area (Å²) in [6.45, 7) is 3.92. The van der Waals surface area contributed by atoms with E-state index in [2.05, 4.69) is 40.6 Å². The molecular weight excluding hydrogens is 404 g/mol. The SMILES string of the molecule is CC1(C)OC2C(Nc3ccnc4cc(-c5cccc6ccccc56)nn34)C[C@H](CO)C2O1. The Hall–Kier alpha value is -3.00. The van der Waals surface area contributed by atoms with Gasteiger partial charge in [0.15, 0.2) is 11.4 Å². The van der Waals surface area contributed by atoms with Crippen LogP contribution >= 0.6 is 0 Å². The maximum atomic E-state index is 9.86. The molecule has 32 heavy (non-hydrogen) atoms. The first-order chi connectivity index (χ1) is 15.5. The van der Waals surface area contributed by atoms with Crippen molar-refractivity contribution in [3.05, 3.63) is 60.8 Å². The van der Waals surface area contributed by atoms with Crippen molar-refractivity contribution in [1.82, 2.24) is 14.6 Å². The van der Waals surface area contributed by atoms with E-state index in [1.54, 1.807) is 6.20 Å². The maximum Gasteiger partial charge on any atom is 0.163 e. The lowest BCUT2D eigenvalue weighted by Gasteiger charge is -2.24. The van der Waals surface area contributed by atoms with Gasteiger partial charge in [-0.1, -0.05) is 42.5 Å². The second-order valence-corrected chi connectivity index (χ2v) is 9.15. The number of rotatable bonds is 4. The highest BCUT2D eigenvalue weighted by molar-refractivity contribution is 5.96. The van der Waals surface area contributed by atoms with Crippen molar-refractivity contribution in [3.63, 3.8) is 0 Å². The van der Waals surface area contributed by atoms with Crippen LogP contribution in [0.2, 0.25) is 0 Å². The van der Waals surface area contributed by atoms with Gasteiger partial charge in [0.2, 0.25) is 0 Å². The topological polar surface area (TPSA) is 80.9 Å². The van der Waals surface area contributed by atoms with E-state index in [9.17, 15) is 5.11 Å². The third-order valence-electron chi connectivity index (χ3n) is 6.57. The Balaban J connectivity index is 1.37. The Kier molecular flexibility index (Phi) is 4.47. The molecule has 3 unspecified atom stereocenters. The Bertz CT molecular complexity index is 1300. The fraction of sp³-hybridized carbons (Fsp3) is 0.360. The Morgan fingerprint density at radius 3 is 2.78 bits per heavy atom. The van der Waals surface area contributed by atoms with Crippen LogP contribution in [0.1, 0.15) is 20.3 Å². The predicted molar refractivity (Wildman–Crippen MR) is 122 cm³/mol. The first kappa shape index (κ1) is 19.7. The molecule has 0 amide bonds. The monoisotopic (exact) mass is 430 g/mol. The van der Waals surface area contributed by atoms with Gasteiger partial charge in [-0.3, -0.25) is 0 Å². The van der Waals surface area contributed by atoms with Crippen LogP contribution in [0.3, 0.4) is 0 Å². The minimum absolute atomic E-state index is 0.00901. The molecular formula is C25H26N4O3. The van der Waals surface area contributed by atoms with Gasteiger partial charge in [0.1, 0.15) is 11.9 Å². The molecule has 0 spiro atoms. The summed E-state index contributed by atoms with van der Waals surface area (Å²) in [7, 11) is 0. The lowest BCUT2D eigenvalue weighted by Crippen LogP contribution is -2.35. The molecule has 0 bridgehead atoms. The molecule has 0 radical (unpaired) electrons. The summed E-state index contributed by atoms with van der Waals surface area (Å²) in [5.41, 5.74) is 2.73. The fourth-order valence-corrected chi connectivity index (χ4v) is 5.18. The Labute approximate surface area is 186 Å². The number of hydrogen-bond donors (Lipinski definition) is 2. The van der Waals surface area contributed by atoms with Crippen molar-refractivity contribution in [2.24, 2.45) is 5.92 Å². The molecule has 2 N–H and O–H groups in total. The van der Waals surface area contributed by atoms with Gasteiger partial charge in [-0.25, -0.2) is 4.98 Å². The van der Waals surface area contributed by atoms with E-state index in [4.69, 9.17) is 14.6 Å². The average molecular weight is 431 g/mol. The zero-order chi connectivity index (χ0) is 21.9. The van der Waals surface area contributed by atoms with Crippen LogP contribution in [-0.2, 0) is 9.47 Å². The van der Waals surface area contributed by atoms with E-state index in [0.29, 0.717) is 0 Å². The molecule has 1 saturated heterocycles. The van der Waals surface area contributed by atoms with Crippen molar-refractivity contribution < 1.29 is 14.6 Å². The van der Waals surface area contributed by atoms with Crippen molar-refractivity contribution in [1.29, 1.82) is 0 Å². The van der Waals surface area contributed by atoms with Crippen LogP contribution in [0, 0.1) is 5.92 Å². The number of hydrogen-bond acceptors (Lipinski definition) is 6. The van der Waals surface area contributed by atoms with Gasteiger partial charge in [0, 0.05) is 30.4 Å². The van der Waals surface area contributed by atoms with Crippen LogP contribution in [0.25, 0.3) is 27.7 Å². The zero-order valence-electron chi connectivity index (χ0n) is 18.1. The molecule has 4 atom stereocenters. The molecule has 6 rings (SSSR count). The summed E-state index contributed by atoms with van der Waals surface area (Å²) < 4.78 is 14.1. The van der Waals surface area contributed by atoms with Gasteiger partial charge in [-0.15, -0.1) is 0 Å². The lowest BCUT2D eigenvalue weighted by atomic mass is 10.0. The number of nitrogens with one attached hydrogen (secondary N) is 1. The summed E-state index contributed by atoms with van der Waals surface area (Å²) in [5.74, 6) is 0.238. The largest absolute Gasteiger partial charge is 0.396 e. The molecule has 2 aromatic heterocycles. The number of ether oxygens (including phenoxy) is 2. The van der Waals surface area contributed by atoms with Gasteiger partial charge in [-0.05, 0) is 37.1 Å². The van der Waals surface area contributed by atoms with E-state index in [1.807, 2.05) is 42.6 Å². The predicted octanol–water partition coefficient (Wildman–Crippen LogP) is 3.86. The second-order valence-electron chi connectivity index (χ2n) is 9.15. The number of nitrogens with zero attached hydrogens (tertiary/aromatic N) is 3. The molecule has 3 heterocycles. The van der Waals surface area contributed by atoms with Gasteiger partial charge in [0.05, 0.1) is 17.8 Å². The molecule has 1 saturated carbocycles. The molecule has 1 aliphatic carbocycles. The average Bonchev–Trinajstić information content (AvgIpc) is 3.45. The van der Waals surface area contributed by atoms with Gasteiger partial charge >= 0.3 is 0 Å². The number of fused-ring (bicyclic) bond motifs is 3. The smallest absolute Gasteiger partial charge is 0.163 e. The number of anilines is 1. The van der Waals surface area contributed by atoms with E-state index in [-0.39, 0.29) is 30.8 Å². The Morgan fingerprint density at radius 1 is 1.09 bits per heavy atom. The molecule has 2 aliphatic rings.